The predicted octanol–water partition coefficient (Wildman–Crippen LogP) is 4.37. The fraction of sp³-hybridized carbons (Fsp3) is 1.00. The van der Waals surface area contributed by atoms with Gasteiger partial charge in [0, 0.05) is 11.1 Å². The molecule has 2 heterocycles. The Morgan fingerprint density at radius 3 is 1.53 bits per heavy atom. The highest BCUT2D eigenvalue weighted by Gasteiger charge is 2.46. The maximum absolute atomic E-state index is 3.77. The van der Waals surface area contributed by atoms with Crippen LogP contribution in [0.3, 0.4) is 0 Å². The summed E-state index contributed by atoms with van der Waals surface area (Å²) in [6.07, 6.45) is 5.52. The predicted molar refractivity (Wildman–Crippen MR) is 70.3 cm³/mol. The summed E-state index contributed by atoms with van der Waals surface area (Å²) >= 11 is 0. The van der Waals surface area contributed by atoms with Gasteiger partial charge in [0.15, 0.2) is 0 Å². The Hall–Kier alpha value is -0.0400. The van der Waals surface area contributed by atoms with Crippen LogP contribution in [0.5, 0.6) is 0 Å². The molecular weight excluding hydrogens is 182 g/mol. The topological polar surface area (TPSA) is 12.0 Å². The van der Waals surface area contributed by atoms with Gasteiger partial charge in [0.25, 0.3) is 0 Å². The molecule has 15 heavy (non-hydrogen) atoms. The Morgan fingerprint density at radius 2 is 1.20 bits per heavy atom. The lowest BCUT2D eigenvalue weighted by molar-refractivity contribution is 0.182. The molecule has 2 aliphatic heterocycles. The normalized spacial score (nSPS) is 42.2. The third kappa shape index (κ3) is 3.79. The summed E-state index contributed by atoms with van der Waals surface area (Å²) in [6.45, 7) is 15.2. The molecule has 2 rings (SSSR count). The molecule has 0 aromatic rings. The van der Waals surface area contributed by atoms with Gasteiger partial charge in [-0.1, -0.05) is 34.6 Å². The van der Waals surface area contributed by atoms with Crippen LogP contribution in [0.2, 0.25) is 0 Å². The first-order chi connectivity index (χ1) is 7.02. The first-order valence-electron chi connectivity index (χ1n) is 6.81. The summed E-state index contributed by atoms with van der Waals surface area (Å²) in [5, 5.41) is 3.77. The summed E-state index contributed by atoms with van der Waals surface area (Å²) in [7, 11) is 0. The Kier molecular flexibility index (Phi) is 5.87. The van der Waals surface area contributed by atoms with E-state index in [-0.39, 0.29) is 0 Å². The molecule has 0 aliphatic carbocycles. The monoisotopic (exact) mass is 213 g/mol. The van der Waals surface area contributed by atoms with Gasteiger partial charge in [0.1, 0.15) is 0 Å². The number of piperidine rings is 1. The average molecular weight is 213 g/mol. The van der Waals surface area contributed by atoms with Gasteiger partial charge in [-0.05, 0) is 45.4 Å². The van der Waals surface area contributed by atoms with Crippen LogP contribution < -0.4 is 5.32 Å². The van der Waals surface area contributed by atoms with Crippen LogP contribution in [0, 0.1) is 5.92 Å². The lowest BCUT2D eigenvalue weighted by atomic mass is 9.82. The second-order valence-corrected chi connectivity index (χ2v) is 5.26. The van der Waals surface area contributed by atoms with Crippen molar-refractivity contribution >= 4 is 0 Å². The number of fused-ring (bicyclic) bond motifs is 2. The van der Waals surface area contributed by atoms with E-state index < -0.39 is 0 Å². The van der Waals surface area contributed by atoms with Crippen molar-refractivity contribution in [3.05, 3.63) is 0 Å². The largest absolute Gasteiger partial charge is 0.306 e. The van der Waals surface area contributed by atoms with Crippen molar-refractivity contribution in [3.8, 4) is 0 Å². The molecule has 1 N–H and O–H groups in total. The van der Waals surface area contributed by atoms with E-state index in [1.165, 1.54) is 25.7 Å². The molecule has 0 radical (unpaired) electrons. The number of rotatable bonds is 0. The summed E-state index contributed by atoms with van der Waals surface area (Å²) in [6, 6.07) is 0. The highest BCUT2D eigenvalue weighted by atomic mass is 15.1. The van der Waals surface area contributed by atoms with E-state index >= 15 is 0 Å². The zero-order valence-corrected chi connectivity index (χ0v) is 11.9. The molecule has 2 saturated heterocycles. The molecule has 0 saturated carbocycles. The molecule has 0 aromatic heterocycles. The van der Waals surface area contributed by atoms with Crippen LogP contribution >= 0.6 is 0 Å². The molecule has 0 aromatic carbocycles. The van der Waals surface area contributed by atoms with E-state index in [1.807, 2.05) is 27.7 Å². The quantitative estimate of drug-likeness (QED) is 0.630. The zero-order valence-electron chi connectivity index (χ0n) is 11.9. The summed E-state index contributed by atoms with van der Waals surface area (Å²) < 4.78 is 0. The van der Waals surface area contributed by atoms with Crippen molar-refractivity contribution in [3.63, 3.8) is 0 Å². The van der Waals surface area contributed by atoms with Crippen LogP contribution in [-0.4, -0.2) is 11.1 Å². The fourth-order valence-corrected chi connectivity index (χ4v) is 3.32. The van der Waals surface area contributed by atoms with E-state index in [4.69, 9.17) is 0 Å². The van der Waals surface area contributed by atoms with Crippen molar-refractivity contribution in [2.75, 3.05) is 0 Å². The molecule has 2 aliphatic rings. The minimum atomic E-state index is 0.479. The van der Waals surface area contributed by atoms with Gasteiger partial charge in [0.05, 0.1) is 0 Å². The Morgan fingerprint density at radius 1 is 0.867 bits per heavy atom. The molecular formula is C14H31N. The SMILES string of the molecule is CC.CC.CC1CC2(C)CCC(C)(C1)N2. The van der Waals surface area contributed by atoms with Crippen molar-refractivity contribution in [2.45, 2.75) is 85.2 Å². The molecule has 1 heteroatoms. The molecule has 0 amide bonds. The molecule has 2 bridgehead atoms. The Bertz CT molecular complexity index is 160. The maximum atomic E-state index is 3.77. The fourth-order valence-electron chi connectivity index (χ4n) is 3.32. The molecule has 1 nitrogen and oxygen atoms in total. The lowest BCUT2D eigenvalue weighted by Gasteiger charge is -2.40. The van der Waals surface area contributed by atoms with Crippen LogP contribution in [0.1, 0.15) is 74.1 Å². The van der Waals surface area contributed by atoms with Crippen molar-refractivity contribution in [1.29, 1.82) is 0 Å². The summed E-state index contributed by atoms with van der Waals surface area (Å²) in [5.74, 6) is 0.925. The van der Waals surface area contributed by atoms with Crippen molar-refractivity contribution in [2.24, 2.45) is 5.92 Å². The zero-order chi connectivity index (χ0) is 12.1. The number of hydrogen-bond acceptors (Lipinski definition) is 1. The molecule has 2 fully saturated rings. The number of nitrogens with one attached hydrogen (secondary N) is 1. The highest BCUT2D eigenvalue weighted by Crippen LogP contribution is 2.44. The molecule has 0 spiro atoms. The molecule has 2 unspecified atom stereocenters. The maximum Gasteiger partial charge on any atom is 0.0161 e. The van der Waals surface area contributed by atoms with Crippen LogP contribution in [-0.2, 0) is 0 Å². The Balaban J connectivity index is 0.000000442. The second kappa shape index (κ2) is 5.89. The van der Waals surface area contributed by atoms with Crippen molar-refractivity contribution < 1.29 is 0 Å². The molecule has 92 valence electrons. The minimum absolute atomic E-state index is 0.479. The van der Waals surface area contributed by atoms with Crippen LogP contribution in [0.4, 0.5) is 0 Å². The van der Waals surface area contributed by atoms with E-state index in [1.54, 1.807) is 0 Å². The first-order valence-corrected chi connectivity index (χ1v) is 6.81. The van der Waals surface area contributed by atoms with E-state index in [0.29, 0.717) is 11.1 Å². The lowest BCUT2D eigenvalue weighted by Crippen LogP contribution is -2.53. The number of hydrogen-bond donors (Lipinski definition) is 1. The standard InChI is InChI=1S/C10H19N.2C2H6/c1-8-6-9(2)4-5-10(3,7-8)11-9;2*1-2/h8,11H,4-7H2,1-3H3;2*1-2H3. The van der Waals surface area contributed by atoms with Crippen LogP contribution in [0.15, 0.2) is 0 Å². The van der Waals surface area contributed by atoms with Gasteiger partial charge in [-0.3, -0.25) is 0 Å². The molecule has 2 atom stereocenters. The van der Waals surface area contributed by atoms with Crippen molar-refractivity contribution in [1.82, 2.24) is 5.32 Å². The van der Waals surface area contributed by atoms with Gasteiger partial charge in [-0.25, -0.2) is 0 Å². The average Bonchev–Trinajstić information content (AvgIpc) is 2.42. The van der Waals surface area contributed by atoms with Crippen LogP contribution in [0.25, 0.3) is 0 Å². The van der Waals surface area contributed by atoms with Gasteiger partial charge in [-0.2, -0.15) is 0 Å². The first kappa shape index (κ1) is 15.0. The van der Waals surface area contributed by atoms with Gasteiger partial charge in [-0.15, -0.1) is 0 Å². The van der Waals surface area contributed by atoms with Gasteiger partial charge in [0.2, 0.25) is 0 Å². The van der Waals surface area contributed by atoms with E-state index in [0.717, 1.165) is 5.92 Å². The third-order valence-electron chi connectivity index (χ3n) is 3.43. The second-order valence-electron chi connectivity index (χ2n) is 5.26. The minimum Gasteiger partial charge on any atom is -0.306 e. The summed E-state index contributed by atoms with van der Waals surface area (Å²) in [5.41, 5.74) is 0.957. The third-order valence-corrected chi connectivity index (χ3v) is 3.43. The highest BCUT2D eigenvalue weighted by molar-refractivity contribution is 5.07. The van der Waals surface area contributed by atoms with Gasteiger partial charge < -0.3 is 5.32 Å². The smallest absolute Gasteiger partial charge is 0.0161 e. The Labute approximate surface area is 97.0 Å². The van der Waals surface area contributed by atoms with E-state index in [2.05, 4.69) is 26.1 Å². The van der Waals surface area contributed by atoms with Gasteiger partial charge >= 0.3 is 0 Å². The van der Waals surface area contributed by atoms with E-state index in [9.17, 15) is 0 Å². The summed E-state index contributed by atoms with van der Waals surface area (Å²) in [4.78, 5) is 0.